The second kappa shape index (κ2) is 3.96. The van der Waals surface area contributed by atoms with E-state index < -0.39 is 6.04 Å². The molecule has 2 N–H and O–H groups in total. The summed E-state index contributed by atoms with van der Waals surface area (Å²) in [5, 5.41) is 0. The second-order valence-electron chi connectivity index (χ2n) is 4.51. The van der Waals surface area contributed by atoms with Gasteiger partial charge in [0.15, 0.2) is 0 Å². The molecule has 3 nitrogen and oxygen atoms in total. The summed E-state index contributed by atoms with van der Waals surface area (Å²) in [7, 11) is 1.76. The molecule has 1 aliphatic heterocycles. The van der Waals surface area contributed by atoms with Gasteiger partial charge < -0.3 is 10.6 Å². The maximum atomic E-state index is 11.8. The maximum absolute atomic E-state index is 11.8. The topological polar surface area (TPSA) is 46.3 Å². The number of likely N-dealkylation sites (N-methyl/N-ethyl adjacent to an activating group) is 1. The van der Waals surface area contributed by atoms with Gasteiger partial charge >= 0.3 is 0 Å². The molecule has 0 radical (unpaired) electrons. The first kappa shape index (κ1) is 11.0. The van der Waals surface area contributed by atoms with Crippen LogP contribution in [-0.4, -0.2) is 13.0 Å². The lowest BCUT2D eigenvalue weighted by molar-refractivity contribution is -0.118. The Balaban J connectivity index is 2.11. The number of nitrogens with two attached hydrogens (primary N) is 1. The molecule has 0 aromatic heterocycles. The molecule has 3 heteroatoms. The first-order valence-corrected chi connectivity index (χ1v) is 5.91. The normalized spacial score (nSPS) is 18.0. The number of carbonyl (C=O) groups is 1. The highest BCUT2D eigenvalue weighted by Gasteiger charge is 2.32. The Morgan fingerprint density at radius 2 is 1.78 bits per heavy atom. The molecule has 1 amide bonds. The minimum Gasteiger partial charge on any atom is -0.316 e. The van der Waals surface area contributed by atoms with E-state index in [9.17, 15) is 4.79 Å². The molecule has 1 heterocycles. The Hall–Kier alpha value is -2.13. The van der Waals surface area contributed by atoms with E-state index in [1.807, 2.05) is 48.5 Å². The molecule has 1 atom stereocenters. The number of hydrogen-bond donors (Lipinski definition) is 1. The van der Waals surface area contributed by atoms with Gasteiger partial charge in [0.2, 0.25) is 5.91 Å². The predicted octanol–water partition coefficient (Wildman–Crippen LogP) is 2.33. The van der Waals surface area contributed by atoms with Crippen LogP contribution in [0.3, 0.4) is 0 Å². The Morgan fingerprint density at radius 3 is 2.50 bits per heavy atom. The van der Waals surface area contributed by atoms with E-state index >= 15 is 0 Å². The monoisotopic (exact) mass is 238 g/mol. The van der Waals surface area contributed by atoms with Crippen LogP contribution < -0.4 is 10.6 Å². The van der Waals surface area contributed by atoms with Crippen molar-refractivity contribution in [2.24, 2.45) is 5.73 Å². The number of anilines is 1. The molecule has 18 heavy (non-hydrogen) atoms. The molecule has 0 spiro atoms. The first-order chi connectivity index (χ1) is 8.68. The summed E-state index contributed by atoms with van der Waals surface area (Å²) >= 11 is 0. The average molecular weight is 238 g/mol. The zero-order valence-corrected chi connectivity index (χ0v) is 10.1. The van der Waals surface area contributed by atoms with Crippen molar-refractivity contribution in [2.75, 3.05) is 11.9 Å². The van der Waals surface area contributed by atoms with Gasteiger partial charge in [-0.3, -0.25) is 4.79 Å². The lowest BCUT2D eigenvalue weighted by atomic mass is 10.0. The molecule has 3 rings (SSSR count). The van der Waals surface area contributed by atoms with Crippen molar-refractivity contribution in [3.63, 3.8) is 0 Å². The smallest absolute Gasteiger partial charge is 0.248 e. The Bertz CT molecular complexity index is 607. The number of fused-ring (bicyclic) bond motifs is 1. The van der Waals surface area contributed by atoms with Crippen LogP contribution in [0, 0.1) is 0 Å². The summed E-state index contributed by atoms with van der Waals surface area (Å²) in [6, 6.07) is 15.5. The third kappa shape index (κ3) is 1.52. The summed E-state index contributed by atoms with van der Waals surface area (Å²) in [6.07, 6.45) is 0. The molecule has 2 aromatic carbocycles. The van der Waals surface area contributed by atoms with Gasteiger partial charge in [-0.1, -0.05) is 36.4 Å². The van der Waals surface area contributed by atoms with Crippen molar-refractivity contribution in [1.29, 1.82) is 0 Å². The van der Waals surface area contributed by atoms with Crippen LogP contribution in [0.2, 0.25) is 0 Å². The van der Waals surface area contributed by atoms with Crippen molar-refractivity contribution in [3.05, 3.63) is 54.1 Å². The predicted molar refractivity (Wildman–Crippen MR) is 72.2 cm³/mol. The van der Waals surface area contributed by atoms with Crippen LogP contribution in [0.5, 0.6) is 0 Å². The third-order valence-corrected chi connectivity index (χ3v) is 3.43. The molecule has 0 bridgehead atoms. The van der Waals surface area contributed by atoms with Gasteiger partial charge in [0.25, 0.3) is 0 Å². The average Bonchev–Trinajstić information content (AvgIpc) is 2.65. The summed E-state index contributed by atoms with van der Waals surface area (Å²) < 4.78 is 0. The van der Waals surface area contributed by atoms with Crippen LogP contribution in [0.25, 0.3) is 11.1 Å². The van der Waals surface area contributed by atoms with Gasteiger partial charge in [-0.15, -0.1) is 0 Å². The van der Waals surface area contributed by atoms with Gasteiger partial charge in [-0.05, 0) is 23.3 Å². The summed E-state index contributed by atoms with van der Waals surface area (Å²) in [4.78, 5) is 13.4. The zero-order valence-electron chi connectivity index (χ0n) is 10.1. The van der Waals surface area contributed by atoms with Crippen LogP contribution in [0.15, 0.2) is 48.5 Å². The van der Waals surface area contributed by atoms with Crippen molar-refractivity contribution in [1.82, 2.24) is 0 Å². The van der Waals surface area contributed by atoms with E-state index in [4.69, 9.17) is 5.73 Å². The fourth-order valence-corrected chi connectivity index (χ4v) is 2.38. The molecule has 90 valence electrons. The van der Waals surface area contributed by atoms with Crippen molar-refractivity contribution >= 4 is 11.6 Å². The molecule has 2 aromatic rings. The van der Waals surface area contributed by atoms with Gasteiger partial charge in [0.1, 0.15) is 6.04 Å². The maximum Gasteiger partial charge on any atom is 0.248 e. The first-order valence-electron chi connectivity index (χ1n) is 5.91. The van der Waals surface area contributed by atoms with Crippen LogP contribution in [0.4, 0.5) is 5.69 Å². The molecule has 1 unspecified atom stereocenters. The molecule has 0 fully saturated rings. The SMILES string of the molecule is CN1C(=O)C(N)c2cc(-c3ccccc3)ccc21. The fourth-order valence-electron chi connectivity index (χ4n) is 2.38. The molecule has 0 saturated carbocycles. The Morgan fingerprint density at radius 1 is 1.06 bits per heavy atom. The summed E-state index contributed by atoms with van der Waals surface area (Å²) in [5.41, 5.74) is 9.98. The number of benzene rings is 2. The van der Waals surface area contributed by atoms with E-state index in [1.165, 1.54) is 0 Å². The summed E-state index contributed by atoms with van der Waals surface area (Å²) in [5.74, 6) is -0.0461. The number of carbonyl (C=O) groups excluding carboxylic acids is 1. The summed E-state index contributed by atoms with van der Waals surface area (Å²) in [6.45, 7) is 0. The lowest BCUT2D eigenvalue weighted by Gasteiger charge is -2.10. The third-order valence-electron chi connectivity index (χ3n) is 3.43. The Kier molecular flexibility index (Phi) is 2.42. The highest BCUT2D eigenvalue weighted by Crippen LogP contribution is 2.36. The van der Waals surface area contributed by atoms with E-state index in [0.717, 1.165) is 22.4 Å². The number of rotatable bonds is 1. The molecule has 0 saturated heterocycles. The van der Waals surface area contributed by atoms with Gasteiger partial charge in [-0.25, -0.2) is 0 Å². The number of amides is 1. The molecular weight excluding hydrogens is 224 g/mol. The standard InChI is InChI=1S/C15H14N2O/c1-17-13-8-7-11(10-5-3-2-4-6-10)9-12(13)14(16)15(17)18/h2-9,14H,16H2,1H3. The lowest BCUT2D eigenvalue weighted by Crippen LogP contribution is -2.27. The van der Waals surface area contributed by atoms with E-state index in [0.29, 0.717) is 0 Å². The largest absolute Gasteiger partial charge is 0.316 e. The molecule has 1 aliphatic rings. The fraction of sp³-hybridized carbons (Fsp3) is 0.133. The van der Waals surface area contributed by atoms with Crippen LogP contribution >= 0.6 is 0 Å². The van der Waals surface area contributed by atoms with Gasteiger partial charge in [0.05, 0.1) is 0 Å². The zero-order chi connectivity index (χ0) is 12.7. The minimum absolute atomic E-state index is 0.0461. The van der Waals surface area contributed by atoms with E-state index in [-0.39, 0.29) is 5.91 Å². The molecular formula is C15H14N2O. The van der Waals surface area contributed by atoms with Crippen molar-refractivity contribution in [2.45, 2.75) is 6.04 Å². The minimum atomic E-state index is -0.534. The number of hydrogen-bond acceptors (Lipinski definition) is 2. The van der Waals surface area contributed by atoms with E-state index in [1.54, 1.807) is 11.9 Å². The quantitative estimate of drug-likeness (QED) is 0.828. The van der Waals surface area contributed by atoms with Gasteiger partial charge in [-0.2, -0.15) is 0 Å². The molecule has 0 aliphatic carbocycles. The van der Waals surface area contributed by atoms with E-state index in [2.05, 4.69) is 0 Å². The van der Waals surface area contributed by atoms with Crippen LogP contribution in [0.1, 0.15) is 11.6 Å². The van der Waals surface area contributed by atoms with Crippen molar-refractivity contribution in [3.8, 4) is 11.1 Å². The van der Waals surface area contributed by atoms with Gasteiger partial charge in [0, 0.05) is 18.3 Å². The Labute approximate surface area is 106 Å². The van der Waals surface area contributed by atoms with Crippen molar-refractivity contribution < 1.29 is 4.79 Å². The highest BCUT2D eigenvalue weighted by atomic mass is 16.2. The second-order valence-corrected chi connectivity index (χ2v) is 4.51. The highest BCUT2D eigenvalue weighted by molar-refractivity contribution is 6.04. The number of nitrogens with zero attached hydrogens (tertiary/aromatic N) is 1. The van der Waals surface area contributed by atoms with Crippen LogP contribution in [-0.2, 0) is 4.79 Å².